The topological polar surface area (TPSA) is 26.0 Å². The average molecular weight is 289 g/mol. The Bertz CT molecular complexity index is 840. The number of oxazole rings is 1. The van der Waals surface area contributed by atoms with Crippen LogP contribution >= 0.6 is 0 Å². The summed E-state index contributed by atoms with van der Waals surface area (Å²) in [5, 5.41) is 0. The molecule has 0 amide bonds. The Morgan fingerprint density at radius 1 is 1.14 bits per heavy atom. The molecule has 0 atom stereocenters. The molecule has 0 saturated carbocycles. The number of hydrogen-bond acceptors (Lipinski definition) is 2. The predicted octanol–water partition coefficient (Wildman–Crippen LogP) is 5.78. The summed E-state index contributed by atoms with van der Waals surface area (Å²) in [4.78, 5) is 4.17. The van der Waals surface area contributed by atoms with Crippen molar-refractivity contribution in [3.63, 3.8) is 0 Å². The fourth-order valence-corrected chi connectivity index (χ4v) is 2.54. The van der Waals surface area contributed by atoms with Crippen molar-refractivity contribution in [2.75, 3.05) is 0 Å². The minimum atomic E-state index is 0.823. The molecule has 3 aromatic rings. The van der Waals surface area contributed by atoms with Crippen molar-refractivity contribution in [1.29, 1.82) is 0 Å². The van der Waals surface area contributed by atoms with Crippen molar-refractivity contribution in [2.45, 2.75) is 20.3 Å². The van der Waals surface area contributed by atoms with Gasteiger partial charge in [0.15, 0.2) is 12.0 Å². The van der Waals surface area contributed by atoms with Gasteiger partial charge in [-0.3, -0.25) is 0 Å². The summed E-state index contributed by atoms with van der Waals surface area (Å²) in [5.41, 5.74) is 6.59. The molecule has 0 aliphatic carbocycles. The number of aromatic nitrogens is 1. The van der Waals surface area contributed by atoms with Gasteiger partial charge in [-0.2, -0.15) is 0 Å². The van der Waals surface area contributed by atoms with Crippen LogP contribution in [0, 0.1) is 6.92 Å². The van der Waals surface area contributed by atoms with Gasteiger partial charge in [-0.1, -0.05) is 55.5 Å². The Balaban J connectivity index is 2.00. The summed E-state index contributed by atoms with van der Waals surface area (Å²) in [6, 6.07) is 12.5. The van der Waals surface area contributed by atoms with Crippen molar-refractivity contribution >= 4 is 17.2 Å². The van der Waals surface area contributed by atoms with Crippen LogP contribution in [-0.2, 0) is 0 Å². The molecule has 1 aromatic heterocycles. The molecule has 0 spiro atoms. The highest BCUT2D eigenvalue weighted by molar-refractivity contribution is 5.82. The van der Waals surface area contributed by atoms with Crippen molar-refractivity contribution in [1.82, 2.24) is 4.98 Å². The predicted molar refractivity (Wildman–Crippen MR) is 92.6 cm³/mol. The van der Waals surface area contributed by atoms with Gasteiger partial charge in [-0.25, -0.2) is 4.98 Å². The minimum absolute atomic E-state index is 0.823. The zero-order valence-electron chi connectivity index (χ0n) is 12.9. The van der Waals surface area contributed by atoms with Gasteiger partial charge in [-0.05, 0) is 47.7 Å². The average Bonchev–Trinajstić information content (AvgIpc) is 3.00. The fraction of sp³-hybridized carbons (Fsp3) is 0.150. The standard InChI is InChI=1S/C20H19NO/c1-3-4-5-6-8-16-9-7-10-18(15(16)2)17-11-12-19-20(13-17)22-14-21-19/h4-14H,3H2,1-2H3/b5-4+,8-6+. The number of benzene rings is 2. The fourth-order valence-electron chi connectivity index (χ4n) is 2.54. The molecular formula is C20H19NO. The first-order valence-electron chi connectivity index (χ1n) is 7.56. The first-order valence-corrected chi connectivity index (χ1v) is 7.56. The van der Waals surface area contributed by atoms with Crippen molar-refractivity contribution < 1.29 is 4.42 Å². The summed E-state index contributed by atoms with van der Waals surface area (Å²) in [7, 11) is 0. The lowest BCUT2D eigenvalue weighted by atomic mass is 9.96. The Morgan fingerprint density at radius 2 is 2.05 bits per heavy atom. The van der Waals surface area contributed by atoms with Crippen LogP contribution in [0.15, 0.2) is 65.4 Å². The van der Waals surface area contributed by atoms with E-state index < -0.39 is 0 Å². The maximum absolute atomic E-state index is 5.41. The van der Waals surface area contributed by atoms with Crippen LogP contribution in [0.5, 0.6) is 0 Å². The quantitative estimate of drug-likeness (QED) is 0.569. The lowest BCUT2D eigenvalue weighted by Gasteiger charge is -2.09. The molecule has 0 saturated heterocycles. The molecule has 0 aliphatic heterocycles. The third-order valence-corrected chi connectivity index (χ3v) is 3.78. The molecule has 0 unspecified atom stereocenters. The SMILES string of the molecule is CC/C=C/C=C/c1cccc(-c2ccc3ncoc3c2)c1C. The zero-order valence-corrected chi connectivity index (χ0v) is 12.9. The lowest BCUT2D eigenvalue weighted by molar-refractivity contribution is 0.602. The molecule has 0 N–H and O–H groups in total. The van der Waals surface area contributed by atoms with Gasteiger partial charge in [0.2, 0.25) is 0 Å². The van der Waals surface area contributed by atoms with Crippen LogP contribution in [0.2, 0.25) is 0 Å². The van der Waals surface area contributed by atoms with Gasteiger partial charge < -0.3 is 4.42 Å². The monoisotopic (exact) mass is 289 g/mol. The van der Waals surface area contributed by atoms with E-state index in [0.29, 0.717) is 0 Å². The second kappa shape index (κ2) is 6.44. The molecule has 2 heteroatoms. The maximum atomic E-state index is 5.41. The maximum Gasteiger partial charge on any atom is 0.181 e. The highest BCUT2D eigenvalue weighted by Crippen LogP contribution is 2.28. The molecule has 3 rings (SSSR count). The van der Waals surface area contributed by atoms with Crippen LogP contribution < -0.4 is 0 Å². The van der Waals surface area contributed by atoms with E-state index in [4.69, 9.17) is 4.42 Å². The van der Waals surface area contributed by atoms with E-state index >= 15 is 0 Å². The second-order valence-corrected chi connectivity index (χ2v) is 5.25. The Kier molecular flexibility index (Phi) is 4.19. The van der Waals surface area contributed by atoms with Gasteiger partial charge in [0.25, 0.3) is 0 Å². The molecule has 0 radical (unpaired) electrons. The van der Waals surface area contributed by atoms with E-state index in [2.05, 4.69) is 73.5 Å². The van der Waals surface area contributed by atoms with Gasteiger partial charge in [0.05, 0.1) is 0 Å². The zero-order chi connectivity index (χ0) is 15.4. The first-order chi connectivity index (χ1) is 10.8. The number of allylic oxidation sites excluding steroid dienone is 3. The van der Waals surface area contributed by atoms with Gasteiger partial charge >= 0.3 is 0 Å². The first kappa shape index (κ1) is 14.3. The molecule has 0 fully saturated rings. The van der Waals surface area contributed by atoms with Crippen LogP contribution in [0.1, 0.15) is 24.5 Å². The molecule has 22 heavy (non-hydrogen) atoms. The smallest absolute Gasteiger partial charge is 0.181 e. The molecular weight excluding hydrogens is 270 g/mol. The summed E-state index contributed by atoms with van der Waals surface area (Å²) >= 11 is 0. The van der Waals surface area contributed by atoms with Gasteiger partial charge in [0, 0.05) is 0 Å². The molecule has 2 nitrogen and oxygen atoms in total. The normalized spacial score (nSPS) is 11.9. The molecule has 0 aliphatic rings. The van der Waals surface area contributed by atoms with Crippen LogP contribution in [0.4, 0.5) is 0 Å². The van der Waals surface area contributed by atoms with Crippen molar-refractivity contribution in [3.05, 3.63) is 72.1 Å². The Morgan fingerprint density at radius 3 is 2.91 bits per heavy atom. The van der Waals surface area contributed by atoms with Crippen LogP contribution in [0.25, 0.3) is 28.3 Å². The Hall–Kier alpha value is -2.61. The lowest BCUT2D eigenvalue weighted by Crippen LogP contribution is -1.87. The Labute approximate surface area is 130 Å². The van der Waals surface area contributed by atoms with E-state index in [1.54, 1.807) is 0 Å². The van der Waals surface area contributed by atoms with Crippen LogP contribution in [-0.4, -0.2) is 4.98 Å². The van der Waals surface area contributed by atoms with E-state index in [-0.39, 0.29) is 0 Å². The molecule has 110 valence electrons. The number of hydrogen-bond donors (Lipinski definition) is 0. The highest BCUT2D eigenvalue weighted by Gasteiger charge is 2.07. The minimum Gasteiger partial charge on any atom is -0.443 e. The third kappa shape index (κ3) is 2.86. The van der Waals surface area contributed by atoms with Crippen LogP contribution in [0.3, 0.4) is 0 Å². The van der Waals surface area contributed by atoms with Crippen molar-refractivity contribution in [3.8, 4) is 11.1 Å². The number of fused-ring (bicyclic) bond motifs is 1. The van der Waals surface area contributed by atoms with E-state index in [0.717, 1.165) is 23.1 Å². The van der Waals surface area contributed by atoms with Gasteiger partial charge in [-0.15, -0.1) is 0 Å². The van der Waals surface area contributed by atoms with E-state index in [1.165, 1.54) is 23.1 Å². The summed E-state index contributed by atoms with van der Waals surface area (Å²) in [6.07, 6.45) is 11.0. The number of rotatable bonds is 4. The molecule has 1 heterocycles. The van der Waals surface area contributed by atoms with E-state index in [9.17, 15) is 0 Å². The summed E-state index contributed by atoms with van der Waals surface area (Å²) in [6.45, 7) is 4.29. The largest absolute Gasteiger partial charge is 0.443 e. The second-order valence-electron chi connectivity index (χ2n) is 5.25. The van der Waals surface area contributed by atoms with Crippen molar-refractivity contribution in [2.24, 2.45) is 0 Å². The molecule has 2 aromatic carbocycles. The summed E-state index contributed by atoms with van der Waals surface area (Å²) < 4.78 is 5.41. The van der Waals surface area contributed by atoms with E-state index in [1.807, 2.05) is 6.07 Å². The molecule has 0 bridgehead atoms. The summed E-state index contributed by atoms with van der Waals surface area (Å²) in [5.74, 6) is 0. The number of nitrogens with zero attached hydrogens (tertiary/aromatic N) is 1. The van der Waals surface area contributed by atoms with Gasteiger partial charge in [0.1, 0.15) is 5.52 Å². The highest BCUT2D eigenvalue weighted by atomic mass is 16.3. The third-order valence-electron chi connectivity index (χ3n) is 3.78.